The third-order valence-corrected chi connectivity index (χ3v) is 4.95. The van der Waals surface area contributed by atoms with Gasteiger partial charge in [-0.05, 0) is 25.2 Å². The van der Waals surface area contributed by atoms with Crippen molar-refractivity contribution in [3.05, 3.63) is 12.2 Å². The molecule has 0 fully saturated rings. The molecule has 0 saturated heterocycles. The largest absolute Gasteiger partial charge is 0.114 e. The summed E-state index contributed by atoms with van der Waals surface area (Å²) >= 11 is 6.93. The van der Waals surface area contributed by atoms with E-state index in [2.05, 4.69) is 41.2 Å². The lowest BCUT2D eigenvalue weighted by molar-refractivity contribution is 0.280. The van der Waals surface area contributed by atoms with E-state index < -0.39 is 0 Å². The summed E-state index contributed by atoms with van der Waals surface area (Å²) in [4.78, 5) is -0.196. The molecule has 2 atom stereocenters. The van der Waals surface area contributed by atoms with Gasteiger partial charge in [-0.2, -0.15) is 0 Å². The second-order valence-corrected chi connectivity index (χ2v) is 5.73. The maximum atomic E-state index is 6.93. The van der Waals surface area contributed by atoms with Crippen LogP contribution in [0, 0.1) is 11.8 Å². The summed E-state index contributed by atoms with van der Waals surface area (Å²) in [5, 5.41) is 0. The molecule has 0 aromatic heterocycles. The van der Waals surface area contributed by atoms with Crippen molar-refractivity contribution in [1.29, 1.82) is 0 Å². The van der Waals surface area contributed by atoms with E-state index in [9.17, 15) is 0 Å². The van der Waals surface area contributed by atoms with Crippen LogP contribution >= 0.6 is 11.6 Å². The molecule has 0 saturated carbocycles. The Morgan fingerprint density at radius 3 is 2.06 bits per heavy atom. The summed E-state index contributed by atoms with van der Waals surface area (Å²) in [5.41, 5.74) is 1.14. The van der Waals surface area contributed by atoms with Crippen LogP contribution in [-0.2, 0) is 0 Å². The van der Waals surface area contributed by atoms with Gasteiger partial charge in [-0.25, -0.2) is 0 Å². The molecular weight excluding hydrogens is 216 g/mol. The predicted octanol–water partition coefficient (Wildman–Crippen LogP) is 5.80. The Morgan fingerprint density at radius 2 is 1.75 bits per heavy atom. The Hall–Kier alpha value is 0.0300. The molecule has 0 radical (unpaired) electrons. The minimum absolute atomic E-state index is 0.196. The van der Waals surface area contributed by atoms with Crippen LogP contribution in [0.2, 0.25) is 0 Å². The minimum atomic E-state index is -0.196. The fraction of sp³-hybridized carbons (Fsp3) is 0.867. The van der Waals surface area contributed by atoms with Crippen LogP contribution in [0.5, 0.6) is 0 Å². The molecular formula is C15H29Cl. The lowest BCUT2D eigenvalue weighted by Crippen LogP contribution is -2.39. The van der Waals surface area contributed by atoms with Gasteiger partial charge < -0.3 is 0 Å². The monoisotopic (exact) mass is 244 g/mol. The highest BCUT2D eigenvalue weighted by Crippen LogP contribution is 2.44. The van der Waals surface area contributed by atoms with Crippen LogP contribution < -0.4 is 0 Å². The molecule has 0 aliphatic heterocycles. The lowest BCUT2D eigenvalue weighted by atomic mass is 9.73. The Labute approximate surface area is 107 Å². The van der Waals surface area contributed by atoms with Crippen molar-refractivity contribution >= 4 is 11.6 Å². The molecule has 0 N–H and O–H groups in total. The number of hydrogen-bond acceptors (Lipinski definition) is 0. The number of hydrogen-bond donors (Lipinski definition) is 0. The third kappa shape index (κ3) is 3.52. The average Bonchev–Trinajstić information content (AvgIpc) is 2.26. The molecule has 96 valence electrons. The van der Waals surface area contributed by atoms with Gasteiger partial charge in [0.25, 0.3) is 0 Å². The van der Waals surface area contributed by atoms with Crippen molar-refractivity contribution in [1.82, 2.24) is 0 Å². The molecule has 0 aromatic carbocycles. The molecule has 0 aromatic rings. The zero-order valence-electron chi connectivity index (χ0n) is 11.8. The first-order valence-corrected chi connectivity index (χ1v) is 7.17. The summed E-state index contributed by atoms with van der Waals surface area (Å²) in [6, 6.07) is 0. The van der Waals surface area contributed by atoms with Gasteiger partial charge in [0.05, 0.1) is 4.87 Å². The molecule has 16 heavy (non-hydrogen) atoms. The number of rotatable bonds is 8. The minimum Gasteiger partial charge on any atom is -0.114 e. The molecule has 1 heteroatoms. The number of alkyl halides is 1. The second kappa shape index (κ2) is 7.37. The van der Waals surface area contributed by atoms with E-state index in [4.69, 9.17) is 11.6 Å². The molecule has 0 rings (SSSR count). The van der Waals surface area contributed by atoms with Crippen LogP contribution in [-0.4, -0.2) is 4.87 Å². The highest BCUT2D eigenvalue weighted by atomic mass is 35.5. The first-order chi connectivity index (χ1) is 7.44. The number of unbranched alkanes of at least 4 members (excludes halogenated alkanes) is 1. The van der Waals surface area contributed by atoms with Crippen LogP contribution in [0.15, 0.2) is 12.2 Å². The van der Waals surface area contributed by atoms with Gasteiger partial charge in [-0.15, -0.1) is 11.6 Å². The summed E-state index contributed by atoms with van der Waals surface area (Å²) in [6.07, 6.45) is 6.01. The van der Waals surface area contributed by atoms with Crippen LogP contribution in [0.4, 0.5) is 0 Å². The van der Waals surface area contributed by atoms with Crippen molar-refractivity contribution < 1.29 is 0 Å². The van der Waals surface area contributed by atoms with Crippen molar-refractivity contribution in [2.45, 2.75) is 71.6 Å². The van der Waals surface area contributed by atoms with Gasteiger partial charge in [-0.3, -0.25) is 0 Å². The van der Waals surface area contributed by atoms with Crippen LogP contribution in [0.3, 0.4) is 0 Å². The summed E-state index contributed by atoms with van der Waals surface area (Å²) in [6.45, 7) is 15.2. The smallest absolute Gasteiger partial charge is 0.0703 e. The zero-order chi connectivity index (χ0) is 12.8. The summed E-state index contributed by atoms with van der Waals surface area (Å²) in [7, 11) is 0. The molecule has 0 aliphatic carbocycles. The highest BCUT2D eigenvalue weighted by Gasteiger charge is 2.40. The van der Waals surface area contributed by atoms with Crippen molar-refractivity contribution in [3.63, 3.8) is 0 Å². The molecule has 2 unspecified atom stereocenters. The fourth-order valence-electron chi connectivity index (χ4n) is 2.77. The van der Waals surface area contributed by atoms with Gasteiger partial charge in [0.1, 0.15) is 0 Å². The van der Waals surface area contributed by atoms with Gasteiger partial charge in [0, 0.05) is 0 Å². The molecule has 0 heterocycles. The van der Waals surface area contributed by atoms with E-state index >= 15 is 0 Å². The second-order valence-electron chi connectivity index (χ2n) is 5.11. The molecule has 0 bridgehead atoms. The quantitative estimate of drug-likeness (QED) is 0.374. The Morgan fingerprint density at radius 1 is 1.25 bits per heavy atom. The lowest BCUT2D eigenvalue weighted by Gasteiger charge is -2.40. The maximum Gasteiger partial charge on any atom is 0.0703 e. The van der Waals surface area contributed by atoms with Gasteiger partial charge >= 0.3 is 0 Å². The van der Waals surface area contributed by atoms with E-state index in [0.29, 0.717) is 11.8 Å². The topological polar surface area (TPSA) is 0 Å². The predicted molar refractivity (Wildman–Crippen MR) is 76.2 cm³/mol. The van der Waals surface area contributed by atoms with Gasteiger partial charge in [-0.1, -0.05) is 65.5 Å². The first kappa shape index (κ1) is 16.0. The third-order valence-electron chi connectivity index (χ3n) is 3.94. The van der Waals surface area contributed by atoms with Crippen LogP contribution in [0.25, 0.3) is 0 Å². The van der Waals surface area contributed by atoms with E-state index in [-0.39, 0.29) is 4.87 Å². The van der Waals surface area contributed by atoms with Crippen molar-refractivity contribution in [2.24, 2.45) is 11.8 Å². The van der Waals surface area contributed by atoms with E-state index in [1.165, 1.54) is 19.3 Å². The van der Waals surface area contributed by atoms with Crippen molar-refractivity contribution in [3.8, 4) is 0 Å². The maximum absolute atomic E-state index is 6.93. The Kier molecular flexibility index (Phi) is 7.39. The molecule has 0 aliphatic rings. The number of allylic oxidation sites excluding steroid dienone is 1. The molecule has 0 spiro atoms. The van der Waals surface area contributed by atoms with Crippen molar-refractivity contribution in [2.75, 3.05) is 0 Å². The number of halogens is 1. The zero-order valence-corrected chi connectivity index (χ0v) is 12.5. The highest BCUT2D eigenvalue weighted by molar-refractivity contribution is 6.26. The Bertz CT molecular complexity index is 205. The van der Waals surface area contributed by atoms with E-state index in [1.807, 2.05) is 0 Å². The van der Waals surface area contributed by atoms with E-state index in [0.717, 1.165) is 18.4 Å². The molecule has 0 nitrogen and oxygen atoms in total. The Balaban J connectivity index is 4.86. The van der Waals surface area contributed by atoms with Gasteiger partial charge in [0.2, 0.25) is 0 Å². The SMILES string of the molecule is C=C(C)C(Cl)(C(C)CCCC)C(CC)CC. The summed E-state index contributed by atoms with van der Waals surface area (Å²) in [5.74, 6) is 1.08. The first-order valence-electron chi connectivity index (χ1n) is 6.79. The van der Waals surface area contributed by atoms with E-state index in [1.54, 1.807) is 0 Å². The average molecular weight is 245 g/mol. The summed E-state index contributed by atoms with van der Waals surface area (Å²) < 4.78 is 0. The molecule has 0 amide bonds. The van der Waals surface area contributed by atoms with Crippen LogP contribution in [0.1, 0.15) is 66.7 Å². The normalized spacial score (nSPS) is 17.2. The fourth-order valence-corrected chi connectivity index (χ4v) is 3.19. The van der Waals surface area contributed by atoms with Gasteiger partial charge in [0.15, 0.2) is 0 Å². The standard InChI is InChI=1S/C15H29Cl/c1-7-10-11-13(6)15(16,12(4)5)14(8-2)9-3/h13-14H,4,7-11H2,1-3,5-6H3.